The van der Waals surface area contributed by atoms with Crippen LogP contribution in [-0.2, 0) is 8.87 Å². The maximum absolute atomic E-state index is 11.3. The van der Waals surface area contributed by atoms with E-state index >= 15 is 0 Å². The number of hydrogen-bond donors (Lipinski definition) is 0. The molecule has 4 heteroatoms. The van der Waals surface area contributed by atoms with Crippen molar-refractivity contribution in [3.63, 3.8) is 0 Å². The molecule has 0 N–H and O–H groups in total. The third kappa shape index (κ3) is 5.89. The molecule has 0 rings (SSSR count). The molecule has 12 heavy (non-hydrogen) atoms. The van der Waals surface area contributed by atoms with Gasteiger partial charge in [0, 0.05) is 5.25 Å². The summed E-state index contributed by atoms with van der Waals surface area (Å²) < 4.78 is 22.6. The summed E-state index contributed by atoms with van der Waals surface area (Å²) in [5.41, 5.74) is 0. The van der Waals surface area contributed by atoms with Crippen molar-refractivity contribution in [1.29, 1.82) is 0 Å². The Bertz CT molecular complexity index is 197. The van der Waals surface area contributed by atoms with Crippen LogP contribution < -0.4 is 0 Å². The summed E-state index contributed by atoms with van der Waals surface area (Å²) in [5, 5.41) is 0.229. The van der Waals surface area contributed by atoms with Crippen LogP contribution >= 0.6 is 10.8 Å². The van der Waals surface area contributed by atoms with E-state index in [1.165, 1.54) is 0 Å². The molecule has 0 saturated carbocycles. The Hall–Kier alpha value is 0.300. The smallest absolute Gasteiger partial charge is 0.201 e. The number of hydrogen-bond acceptors (Lipinski definition) is 3. The summed E-state index contributed by atoms with van der Waals surface area (Å²) in [6.45, 7) is 5.96. The van der Waals surface area contributed by atoms with Crippen LogP contribution in [0.15, 0.2) is 0 Å². The second-order valence-electron chi connectivity index (χ2n) is 2.93. The van der Waals surface area contributed by atoms with E-state index in [-0.39, 0.29) is 5.25 Å². The minimum Gasteiger partial charge on any atom is -0.217 e. The molecule has 2 nitrogen and oxygen atoms in total. The highest BCUT2D eigenvalue weighted by Crippen LogP contribution is 2.22. The predicted molar refractivity (Wildman–Crippen MR) is 56.0 cm³/mol. The van der Waals surface area contributed by atoms with E-state index in [1.807, 2.05) is 20.8 Å². The quantitative estimate of drug-likeness (QED) is 0.632. The van der Waals surface area contributed by atoms with Gasteiger partial charge in [-0.3, -0.25) is 0 Å². The van der Waals surface area contributed by atoms with Gasteiger partial charge in [-0.15, -0.1) is 0 Å². The third-order valence-electron chi connectivity index (χ3n) is 1.63. The zero-order valence-corrected chi connectivity index (χ0v) is 9.67. The van der Waals surface area contributed by atoms with Gasteiger partial charge in [0.25, 0.3) is 0 Å². The van der Waals surface area contributed by atoms with Gasteiger partial charge >= 0.3 is 0 Å². The summed E-state index contributed by atoms with van der Waals surface area (Å²) in [6.07, 6.45) is 2.64. The first-order valence-electron chi connectivity index (χ1n) is 4.42. The monoisotopic (exact) mass is 210 g/mol. The van der Waals surface area contributed by atoms with Gasteiger partial charge in [-0.2, -0.15) is 0 Å². The lowest BCUT2D eigenvalue weighted by atomic mass is 10.4. The molecule has 0 amide bonds. The average Bonchev–Trinajstić information content (AvgIpc) is 2.00. The highest BCUT2D eigenvalue weighted by Gasteiger charge is 2.14. The Morgan fingerprint density at radius 2 is 1.92 bits per heavy atom. The van der Waals surface area contributed by atoms with E-state index in [2.05, 4.69) is 0 Å². The summed E-state index contributed by atoms with van der Waals surface area (Å²) in [5.74, 6) is 0.332. The van der Waals surface area contributed by atoms with Crippen molar-refractivity contribution in [3.05, 3.63) is 0 Å². The van der Waals surface area contributed by atoms with E-state index < -0.39 is 8.87 Å². The van der Waals surface area contributed by atoms with Crippen LogP contribution in [0.1, 0.15) is 40.0 Å². The van der Waals surface area contributed by atoms with Crippen molar-refractivity contribution < 1.29 is 8.42 Å². The minimum absolute atomic E-state index is 0.229. The van der Waals surface area contributed by atoms with Crippen molar-refractivity contribution in [2.45, 2.75) is 45.3 Å². The first kappa shape index (κ1) is 12.3. The summed E-state index contributed by atoms with van der Waals surface area (Å²) >= 11 is 0. The molecule has 0 aliphatic heterocycles. The molecule has 0 radical (unpaired) electrons. The molecule has 0 bridgehead atoms. The molecule has 0 fully saturated rings. The largest absolute Gasteiger partial charge is 0.217 e. The molecule has 0 aromatic carbocycles. The molecular weight excluding hydrogens is 192 g/mol. The average molecular weight is 210 g/mol. The first-order valence-corrected chi connectivity index (χ1v) is 7.47. The lowest BCUT2D eigenvalue weighted by Gasteiger charge is -2.07. The van der Waals surface area contributed by atoms with Crippen LogP contribution in [0.3, 0.4) is 0 Å². The van der Waals surface area contributed by atoms with E-state index in [0.29, 0.717) is 5.75 Å². The molecular formula is C8H18O2S2. The summed E-state index contributed by atoms with van der Waals surface area (Å²) in [7, 11) is -1.72. The zero-order valence-electron chi connectivity index (χ0n) is 8.04. The Kier molecular flexibility index (Phi) is 6.01. The molecule has 0 saturated heterocycles. The van der Waals surface area contributed by atoms with Crippen molar-refractivity contribution in [3.8, 4) is 0 Å². The Balaban J connectivity index is 3.88. The summed E-state index contributed by atoms with van der Waals surface area (Å²) in [6, 6.07) is 0. The van der Waals surface area contributed by atoms with Gasteiger partial charge in [-0.05, 0) is 23.6 Å². The fraction of sp³-hybridized carbons (Fsp3) is 1.00. The first-order chi connectivity index (χ1) is 5.52. The van der Waals surface area contributed by atoms with Crippen molar-refractivity contribution in [1.82, 2.24) is 0 Å². The SMILES string of the molecule is CCCCS(=O)(=O)SC(C)CC. The molecule has 0 aliphatic rings. The second kappa shape index (κ2) is 5.86. The van der Waals surface area contributed by atoms with Gasteiger partial charge in [-0.25, -0.2) is 8.42 Å². The van der Waals surface area contributed by atoms with Gasteiger partial charge in [0.1, 0.15) is 0 Å². The molecule has 0 aromatic heterocycles. The maximum Gasteiger partial charge on any atom is 0.201 e. The Morgan fingerprint density at radius 3 is 2.33 bits per heavy atom. The van der Waals surface area contributed by atoms with Crippen molar-refractivity contribution in [2.24, 2.45) is 0 Å². The normalized spacial score (nSPS) is 14.6. The lowest BCUT2D eigenvalue weighted by molar-refractivity contribution is 0.607. The predicted octanol–water partition coefficient (Wildman–Crippen LogP) is 2.65. The topological polar surface area (TPSA) is 34.1 Å². The van der Waals surface area contributed by atoms with Gasteiger partial charge < -0.3 is 0 Å². The molecule has 0 aromatic rings. The van der Waals surface area contributed by atoms with Crippen LogP contribution in [0.4, 0.5) is 0 Å². The van der Waals surface area contributed by atoms with E-state index in [0.717, 1.165) is 30.1 Å². The van der Waals surface area contributed by atoms with Crippen LogP contribution in [-0.4, -0.2) is 19.4 Å². The minimum atomic E-state index is -2.84. The summed E-state index contributed by atoms with van der Waals surface area (Å²) in [4.78, 5) is 0. The van der Waals surface area contributed by atoms with Gasteiger partial charge in [-0.1, -0.05) is 27.2 Å². The van der Waals surface area contributed by atoms with E-state index in [1.54, 1.807) is 0 Å². The van der Waals surface area contributed by atoms with Gasteiger partial charge in [0.05, 0.1) is 5.75 Å². The van der Waals surface area contributed by atoms with Gasteiger partial charge in [0.15, 0.2) is 0 Å². The second-order valence-corrected chi connectivity index (χ2v) is 7.55. The Labute approximate surface area is 79.4 Å². The third-order valence-corrected chi connectivity index (χ3v) is 5.74. The van der Waals surface area contributed by atoms with E-state index in [4.69, 9.17) is 0 Å². The molecule has 0 aliphatic carbocycles. The maximum atomic E-state index is 11.3. The molecule has 1 atom stereocenters. The van der Waals surface area contributed by atoms with Crippen LogP contribution in [0, 0.1) is 0 Å². The van der Waals surface area contributed by atoms with Gasteiger partial charge in [0.2, 0.25) is 8.87 Å². The molecule has 1 unspecified atom stereocenters. The van der Waals surface area contributed by atoms with Crippen LogP contribution in [0.25, 0.3) is 0 Å². The zero-order chi connectivity index (χ0) is 9.61. The molecule has 0 spiro atoms. The molecule has 0 heterocycles. The highest BCUT2D eigenvalue weighted by molar-refractivity contribution is 8.72. The standard InChI is InChI=1S/C8H18O2S2/c1-4-6-7-12(9,10)11-8(3)5-2/h8H,4-7H2,1-3H3. The van der Waals surface area contributed by atoms with Crippen molar-refractivity contribution >= 4 is 19.7 Å². The fourth-order valence-electron chi connectivity index (χ4n) is 0.688. The number of rotatable bonds is 6. The van der Waals surface area contributed by atoms with Crippen molar-refractivity contribution in [2.75, 3.05) is 5.75 Å². The Morgan fingerprint density at radius 1 is 1.33 bits per heavy atom. The molecule has 74 valence electrons. The number of unbranched alkanes of at least 4 members (excludes halogenated alkanes) is 1. The highest BCUT2D eigenvalue weighted by atomic mass is 33.1. The van der Waals surface area contributed by atoms with Crippen LogP contribution in [0.5, 0.6) is 0 Å². The van der Waals surface area contributed by atoms with Crippen LogP contribution in [0.2, 0.25) is 0 Å². The lowest BCUT2D eigenvalue weighted by Crippen LogP contribution is -2.06. The van der Waals surface area contributed by atoms with E-state index in [9.17, 15) is 8.42 Å². The fourth-order valence-corrected chi connectivity index (χ4v) is 4.61.